The zero-order valence-electron chi connectivity index (χ0n) is 9.25. The molecule has 1 aromatic heterocycles. The Hall–Kier alpha value is -1.95. The number of benzene rings is 1. The molecular weight excluding hydrogens is 236 g/mol. The van der Waals surface area contributed by atoms with Gasteiger partial charge in [0.25, 0.3) is 0 Å². The quantitative estimate of drug-likeness (QED) is 0.809. The zero-order valence-corrected chi connectivity index (χ0v) is 10.1. The highest BCUT2D eigenvalue weighted by atomic mass is 32.2. The van der Waals surface area contributed by atoms with Crippen LogP contribution in [0.15, 0.2) is 35.2 Å². The third kappa shape index (κ3) is 2.79. The molecule has 0 aliphatic heterocycles. The van der Waals surface area contributed by atoms with Crippen molar-refractivity contribution in [1.29, 1.82) is 0 Å². The summed E-state index contributed by atoms with van der Waals surface area (Å²) in [5, 5.41) is 0. The first-order chi connectivity index (χ1) is 8.19. The lowest BCUT2D eigenvalue weighted by molar-refractivity contribution is 0.452. The van der Waals surface area contributed by atoms with Crippen molar-refractivity contribution in [2.45, 2.75) is 4.90 Å². The lowest BCUT2D eigenvalue weighted by Crippen LogP contribution is -2.01. The molecule has 0 aliphatic rings. The Balaban J connectivity index is 2.31. The average molecular weight is 248 g/mol. The number of rotatable bonds is 3. The number of nitrogens with zero attached hydrogens (tertiary/aromatic N) is 2. The minimum atomic E-state index is 0.0987. The Morgan fingerprint density at radius 2 is 1.94 bits per heavy atom. The summed E-state index contributed by atoms with van der Waals surface area (Å²) in [6.07, 6.45) is 1.98. The van der Waals surface area contributed by atoms with Crippen LogP contribution in [0.3, 0.4) is 0 Å². The van der Waals surface area contributed by atoms with Crippen molar-refractivity contribution in [3.8, 4) is 11.6 Å². The van der Waals surface area contributed by atoms with Crippen LogP contribution in [-0.4, -0.2) is 16.2 Å². The first kappa shape index (κ1) is 11.5. The molecule has 5 nitrogen and oxygen atoms in total. The predicted octanol–water partition coefficient (Wildman–Crippen LogP) is 2.16. The highest BCUT2D eigenvalue weighted by Gasteiger charge is 2.06. The summed E-state index contributed by atoms with van der Waals surface area (Å²) in [4.78, 5) is 8.75. The standard InChI is InChI=1S/C11H12N4OS/c1-17-8-5-3-2-4-7(8)16-10-6-9(12)14-11(13)15-10/h2-6H,1H3,(H4,12,13,14,15). The second kappa shape index (κ2) is 4.92. The number of aromatic nitrogens is 2. The van der Waals surface area contributed by atoms with E-state index in [0.29, 0.717) is 5.88 Å². The van der Waals surface area contributed by atoms with Gasteiger partial charge in [-0.25, -0.2) is 0 Å². The fraction of sp³-hybridized carbons (Fsp3) is 0.0909. The Morgan fingerprint density at radius 3 is 2.65 bits per heavy atom. The van der Waals surface area contributed by atoms with Gasteiger partial charge in [0.1, 0.15) is 11.6 Å². The summed E-state index contributed by atoms with van der Waals surface area (Å²) in [6.45, 7) is 0. The number of ether oxygens (including phenoxy) is 1. The number of nitrogens with two attached hydrogens (primary N) is 2. The topological polar surface area (TPSA) is 87.0 Å². The van der Waals surface area contributed by atoms with E-state index in [-0.39, 0.29) is 11.8 Å². The Bertz CT molecular complexity index is 512. The van der Waals surface area contributed by atoms with Gasteiger partial charge in [-0.15, -0.1) is 11.8 Å². The van der Waals surface area contributed by atoms with Gasteiger partial charge in [-0.3, -0.25) is 0 Å². The second-order valence-electron chi connectivity index (χ2n) is 3.24. The molecule has 0 radical (unpaired) electrons. The molecule has 0 fully saturated rings. The highest BCUT2D eigenvalue weighted by molar-refractivity contribution is 7.98. The smallest absolute Gasteiger partial charge is 0.226 e. The molecular formula is C11H12N4OS. The van der Waals surface area contributed by atoms with Crippen molar-refractivity contribution in [3.63, 3.8) is 0 Å². The molecule has 17 heavy (non-hydrogen) atoms. The molecule has 2 rings (SSSR count). The van der Waals surface area contributed by atoms with E-state index >= 15 is 0 Å². The average Bonchev–Trinajstić information content (AvgIpc) is 2.28. The second-order valence-corrected chi connectivity index (χ2v) is 4.09. The first-order valence-corrected chi connectivity index (χ1v) is 6.12. The number of thioether (sulfide) groups is 1. The van der Waals surface area contributed by atoms with Crippen LogP contribution >= 0.6 is 11.8 Å². The molecule has 0 bridgehead atoms. The van der Waals surface area contributed by atoms with Crippen LogP contribution in [0.4, 0.5) is 11.8 Å². The van der Waals surface area contributed by atoms with Gasteiger partial charge in [0.2, 0.25) is 11.8 Å². The van der Waals surface area contributed by atoms with Crippen molar-refractivity contribution in [3.05, 3.63) is 30.3 Å². The van der Waals surface area contributed by atoms with E-state index in [1.807, 2.05) is 30.5 Å². The molecule has 0 saturated carbocycles. The van der Waals surface area contributed by atoms with E-state index in [1.165, 1.54) is 6.07 Å². The van der Waals surface area contributed by atoms with Gasteiger partial charge >= 0.3 is 0 Å². The maximum Gasteiger partial charge on any atom is 0.226 e. The Kier molecular flexibility index (Phi) is 3.34. The molecule has 88 valence electrons. The number of para-hydroxylation sites is 1. The Labute approximate surface area is 103 Å². The van der Waals surface area contributed by atoms with Crippen molar-refractivity contribution in [2.24, 2.45) is 0 Å². The highest BCUT2D eigenvalue weighted by Crippen LogP contribution is 2.30. The van der Waals surface area contributed by atoms with Crippen molar-refractivity contribution in [1.82, 2.24) is 9.97 Å². The maximum atomic E-state index is 5.63. The lowest BCUT2D eigenvalue weighted by Gasteiger charge is -2.08. The van der Waals surface area contributed by atoms with Crippen molar-refractivity contribution < 1.29 is 4.74 Å². The van der Waals surface area contributed by atoms with E-state index in [4.69, 9.17) is 16.2 Å². The van der Waals surface area contributed by atoms with Gasteiger partial charge in [-0.2, -0.15) is 9.97 Å². The minimum absolute atomic E-state index is 0.0987. The number of anilines is 2. The number of hydrogen-bond donors (Lipinski definition) is 2. The molecule has 0 saturated heterocycles. The van der Waals surface area contributed by atoms with E-state index in [1.54, 1.807) is 11.8 Å². The molecule has 0 atom stereocenters. The third-order valence-electron chi connectivity index (χ3n) is 2.02. The molecule has 0 unspecified atom stereocenters. The monoisotopic (exact) mass is 248 g/mol. The van der Waals surface area contributed by atoms with Gasteiger partial charge in [0.15, 0.2) is 0 Å². The van der Waals surface area contributed by atoms with Crippen LogP contribution in [0.25, 0.3) is 0 Å². The van der Waals surface area contributed by atoms with Crippen LogP contribution in [0.5, 0.6) is 11.6 Å². The normalized spacial score (nSPS) is 10.2. The van der Waals surface area contributed by atoms with E-state index in [2.05, 4.69) is 9.97 Å². The summed E-state index contributed by atoms with van der Waals surface area (Å²) in [6, 6.07) is 9.20. The fourth-order valence-corrected chi connectivity index (χ4v) is 1.85. The zero-order chi connectivity index (χ0) is 12.3. The van der Waals surface area contributed by atoms with Crippen LogP contribution in [0.1, 0.15) is 0 Å². The fourth-order valence-electron chi connectivity index (χ4n) is 1.33. The van der Waals surface area contributed by atoms with Crippen LogP contribution in [0.2, 0.25) is 0 Å². The minimum Gasteiger partial charge on any atom is -0.438 e. The van der Waals surface area contributed by atoms with Gasteiger partial charge in [0.05, 0.1) is 0 Å². The van der Waals surface area contributed by atoms with Gasteiger partial charge in [-0.1, -0.05) is 12.1 Å². The predicted molar refractivity (Wildman–Crippen MR) is 69.2 cm³/mol. The summed E-state index contributed by atoms with van der Waals surface area (Å²) < 4.78 is 5.63. The van der Waals surface area contributed by atoms with E-state index < -0.39 is 0 Å². The SMILES string of the molecule is CSc1ccccc1Oc1cc(N)nc(N)n1. The van der Waals surface area contributed by atoms with Gasteiger partial charge in [0, 0.05) is 11.0 Å². The maximum absolute atomic E-state index is 5.63. The third-order valence-corrected chi connectivity index (χ3v) is 2.80. The van der Waals surface area contributed by atoms with Crippen LogP contribution in [0, 0.1) is 0 Å². The summed E-state index contributed by atoms with van der Waals surface area (Å²) in [7, 11) is 0. The lowest BCUT2D eigenvalue weighted by atomic mass is 10.3. The van der Waals surface area contributed by atoms with Crippen LogP contribution in [-0.2, 0) is 0 Å². The molecule has 0 aliphatic carbocycles. The van der Waals surface area contributed by atoms with E-state index in [9.17, 15) is 0 Å². The largest absolute Gasteiger partial charge is 0.438 e. The molecule has 1 aromatic carbocycles. The summed E-state index contributed by atoms with van der Waals surface area (Å²) in [5.41, 5.74) is 11.1. The molecule has 4 N–H and O–H groups in total. The summed E-state index contributed by atoms with van der Waals surface area (Å²) in [5.74, 6) is 1.45. The summed E-state index contributed by atoms with van der Waals surface area (Å²) >= 11 is 1.59. The molecule has 2 aromatic rings. The molecule has 0 spiro atoms. The molecule has 6 heteroatoms. The van der Waals surface area contributed by atoms with Crippen LogP contribution < -0.4 is 16.2 Å². The number of hydrogen-bond acceptors (Lipinski definition) is 6. The van der Waals surface area contributed by atoms with Gasteiger partial charge in [-0.05, 0) is 18.4 Å². The number of nitrogen functional groups attached to an aromatic ring is 2. The molecule has 0 amide bonds. The van der Waals surface area contributed by atoms with E-state index in [0.717, 1.165) is 10.6 Å². The van der Waals surface area contributed by atoms with Crippen molar-refractivity contribution >= 4 is 23.5 Å². The van der Waals surface area contributed by atoms with Crippen molar-refractivity contribution in [2.75, 3.05) is 17.7 Å². The first-order valence-electron chi connectivity index (χ1n) is 4.90. The van der Waals surface area contributed by atoms with Gasteiger partial charge < -0.3 is 16.2 Å². The Morgan fingerprint density at radius 1 is 1.18 bits per heavy atom. The molecule has 1 heterocycles.